The van der Waals surface area contributed by atoms with Crippen LogP contribution in [0.1, 0.15) is 27.4 Å². The highest BCUT2D eigenvalue weighted by Crippen LogP contribution is 2.26. The Hall–Kier alpha value is -3.53. The van der Waals surface area contributed by atoms with Crippen molar-refractivity contribution in [3.63, 3.8) is 0 Å². The number of nitrogens with zero attached hydrogens (tertiary/aromatic N) is 4. The monoisotopic (exact) mass is 442 g/mol. The molecule has 9 nitrogen and oxygen atoms in total. The molecule has 0 aliphatic carbocycles. The van der Waals surface area contributed by atoms with E-state index in [1.807, 2.05) is 30.3 Å². The SMILES string of the molecule is Cc1cc(OCc2c(-c3ccccc3)noc2C)nnc1C(=O)N1CC[SH4]C(=O)C1=O. The molecule has 3 heterocycles. The molecule has 3 aromatic rings. The van der Waals surface area contributed by atoms with Crippen LogP contribution in [0, 0.1) is 13.8 Å². The van der Waals surface area contributed by atoms with E-state index < -0.39 is 28.7 Å². The first kappa shape index (κ1) is 20.7. The minimum atomic E-state index is -1.08. The molecule has 1 saturated heterocycles. The van der Waals surface area contributed by atoms with Gasteiger partial charge in [-0.25, -0.2) is 11.8 Å². The molecular weight excluding hydrogens is 420 g/mol. The summed E-state index contributed by atoms with van der Waals surface area (Å²) in [6.07, 6.45) is 0. The summed E-state index contributed by atoms with van der Waals surface area (Å²) >= 11 is -1.08. The minimum absolute atomic E-state index is 0.0307. The van der Waals surface area contributed by atoms with Gasteiger partial charge in [-0.1, -0.05) is 35.5 Å². The van der Waals surface area contributed by atoms with Crippen molar-refractivity contribution >= 4 is 28.7 Å². The molecule has 162 valence electrons. The number of hydrogen-bond donors (Lipinski definition) is 0. The first-order valence-corrected chi connectivity index (χ1v) is 11.5. The fraction of sp³-hybridized carbons (Fsp3) is 0.238. The summed E-state index contributed by atoms with van der Waals surface area (Å²) in [5.74, 6) is 0.103. The van der Waals surface area contributed by atoms with Gasteiger partial charge in [0.2, 0.25) is 11.0 Å². The lowest BCUT2D eigenvalue weighted by molar-refractivity contribution is -0.138. The largest absolute Gasteiger partial charge is 0.471 e. The summed E-state index contributed by atoms with van der Waals surface area (Å²) in [4.78, 5) is 37.4. The number of benzene rings is 1. The van der Waals surface area contributed by atoms with E-state index >= 15 is 0 Å². The first-order valence-electron chi connectivity index (χ1n) is 9.82. The van der Waals surface area contributed by atoms with Crippen LogP contribution in [0.25, 0.3) is 11.3 Å². The molecule has 0 radical (unpaired) electrons. The predicted molar refractivity (Wildman–Crippen MR) is 117 cm³/mol. The number of aromatic nitrogens is 3. The minimum Gasteiger partial charge on any atom is -0.471 e. The fourth-order valence-corrected chi connectivity index (χ4v) is 4.55. The van der Waals surface area contributed by atoms with E-state index in [-0.39, 0.29) is 24.7 Å². The van der Waals surface area contributed by atoms with E-state index in [4.69, 9.17) is 9.26 Å². The number of ether oxygens (including phenoxy) is 1. The van der Waals surface area contributed by atoms with Crippen molar-refractivity contribution in [3.8, 4) is 17.1 Å². The Kier molecular flexibility index (Phi) is 5.81. The highest BCUT2D eigenvalue weighted by atomic mass is 32.2. The first-order chi connectivity index (χ1) is 15.0. The van der Waals surface area contributed by atoms with Crippen LogP contribution in [0.3, 0.4) is 0 Å². The standard InChI is InChI=1S/C21H22N4O5S/c1-12-10-16(22-23-17(12)19(26)25-8-9-31-21(28)20(25)27)29-11-15-13(2)30-24-18(15)14-6-4-3-5-7-14/h3-7,10H,8-9,11H2,1-2H3,31H4. The predicted octanol–water partition coefficient (Wildman–Crippen LogP) is 1.50. The van der Waals surface area contributed by atoms with Crippen LogP contribution in [0.4, 0.5) is 0 Å². The van der Waals surface area contributed by atoms with Gasteiger partial charge in [-0.2, -0.15) is 0 Å². The molecule has 31 heavy (non-hydrogen) atoms. The van der Waals surface area contributed by atoms with Gasteiger partial charge < -0.3 is 9.26 Å². The molecule has 1 aliphatic rings. The number of hydrogen-bond acceptors (Lipinski definition) is 8. The van der Waals surface area contributed by atoms with Crippen molar-refractivity contribution in [2.24, 2.45) is 0 Å². The van der Waals surface area contributed by atoms with Crippen molar-refractivity contribution in [2.75, 3.05) is 12.3 Å². The molecule has 2 aromatic heterocycles. The Labute approximate surface area is 181 Å². The third-order valence-corrected chi connectivity index (χ3v) is 6.50. The van der Waals surface area contributed by atoms with E-state index in [0.717, 1.165) is 16.0 Å². The molecule has 2 amide bonds. The molecule has 0 N–H and O–H groups in total. The van der Waals surface area contributed by atoms with Gasteiger partial charge in [0.25, 0.3) is 5.91 Å². The highest BCUT2D eigenvalue weighted by Gasteiger charge is 2.32. The Morgan fingerprint density at radius 2 is 1.97 bits per heavy atom. The topological polar surface area (TPSA) is 115 Å². The second kappa shape index (κ2) is 8.68. The van der Waals surface area contributed by atoms with E-state index in [1.54, 1.807) is 19.9 Å². The second-order valence-corrected chi connectivity index (χ2v) is 9.07. The van der Waals surface area contributed by atoms with E-state index in [0.29, 0.717) is 22.8 Å². The van der Waals surface area contributed by atoms with Gasteiger partial charge in [-0.3, -0.25) is 19.3 Å². The smallest absolute Gasteiger partial charge is 0.304 e. The van der Waals surface area contributed by atoms with Crippen LogP contribution in [0.2, 0.25) is 0 Å². The average molecular weight is 442 g/mol. The molecule has 10 heteroatoms. The second-order valence-electron chi connectivity index (χ2n) is 7.22. The van der Waals surface area contributed by atoms with Gasteiger partial charge in [0.1, 0.15) is 18.1 Å². The molecule has 1 fully saturated rings. The van der Waals surface area contributed by atoms with Crippen LogP contribution >= 0.6 is 11.8 Å². The normalized spacial score (nSPS) is 14.3. The molecule has 0 spiro atoms. The van der Waals surface area contributed by atoms with Gasteiger partial charge >= 0.3 is 5.91 Å². The van der Waals surface area contributed by atoms with Crippen LogP contribution in [-0.4, -0.2) is 49.5 Å². The zero-order valence-corrected chi connectivity index (χ0v) is 18.5. The lowest BCUT2D eigenvalue weighted by Gasteiger charge is -2.25. The lowest BCUT2D eigenvalue weighted by atomic mass is 10.1. The Morgan fingerprint density at radius 1 is 1.19 bits per heavy atom. The van der Waals surface area contributed by atoms with Gasteiger partial charge in [0.15, 0.2) is 5.69 Å². The molecule has 0 saturated carbocycles. The maximum absolute atomic E-state index is 12.7. The van der Waals surface area contributed by atoms with Crippen molar-refractivity contribution in [2.45, 2.75) is 20.5 Å². The molecule has 0 unspecified atom stereocenters. The Morgan fingerprint density at radius 3 is 2.71 bits per heavy atom. The van der Waals surface area contributed by atoms with Crippen LogP contribution in [0.5, 0.6) is 5.88 Å². The number of amides is 2. The molecule has 1 aromatic carbocycles. The number of rotatable bonds is 5. The molecule has 0 atom stereocenters. The van der Waals surface area contributed by atoms with E-state index in [9.17, 15) is 14.4 Å². The Bertz CT molecular complexity index is 1160. The van der Waals surface area contributed by atoms with Crippen molar-refractivity contribution in [1.29, 1.82) is 0 Å². The zero-order valence-electron chi connectivity index (χ0n) is 17.1. The van der Waals surface area contributed by atoms with Crippen LogP contribution < -0.4 is 4.74 Å². The average Bonchev–Trinajstić information content (AvgIpc) is 3.15. The molecule has 1 aliphatic heterocycles. The molecule has 4 rings (SSSR count). The third-order valence-electron chi connectivity index (χ3n) is 5.08. The number of imide groups is 1. The van der Waals surface area contributed by atoms with Gasteiger partial charge in [0, 0.05) is 18.2 Å². The van der Waals surface area contributed by atoms with Gasteiger partial charge in [0.05, 0.1) is 5.56 Å². The van der Waals surface area contributed by atoms with Crippen molar-refractivity contribution < 1.29 is 23.6 Å². The fourth-order valence-electron chi connectivity index (χ4n) is 3.35. The number of aryl methyl sites for hydroxylation is 2. The summed E-state index contributed by atoms with van der Waals surface area (Å²) in [6, 6.07) is 11.2. The van der Waals surface area contributed by atoms with E-state index in [1.165, 1.54) is 0 Å². The van der Waals surface area contributed by atoms with Gasteiger partial charge in [-0.15, -0.1) is 10.2 Å². The van der Waals surface area contributed by atoms with Crippen LogP contribution in [0.15, 0.2) is 40.9 Å². The molecule has 0 bridgehead atoms. The Balaban J connectivity index is 1.50. The third kappa shape index (κ3) is 4.19. The van der Waals surface area contributed by atoms with Gasteiger partial charge in [-0.05, 0) is 25.2 Å². The summed E-state index contributed by atoms with van der Waals surface area (Å²) in [7, 11) is 0. The lowest BCUT2D eigenvalue weighted by Crippen LogP contribution is -2.45. The van der Waals surface area contributed by atoms with E-state index in [2.05, 4.69) is 15.4 Å². The summed E-state index contributed by atoms with van der Waals surface area (Å²) in [5, 5.41) is 11.6. The quantitative estimate of drug-likeness (QED) is 0.431. The maximum Gasteiger partial charge on any atom is 0.304 e. The number of carbonyl (C=O) groups is 3. The highest BCUT2D eigenvalue weighted by molar-refractivity contribution is 8.15. The molecular formula is C21H22N4O5S. The van der Waals surface area contributed by atoms with Crippen molar-refractivity contribution in [1.82, 2.24) is 20.3 Å². The zero-order chi connectivity index (χ0) is 22.0. The summed E-state index contributed by atoms with van der Waals surface area (Å²) in [5.41, 5.74) is 2.91. The summed E-state index contributed by atoms with van der Waals surface area (Å²) < 4.78 is 11.1. The number of carbonyl (C=O) groups excluding carboxylic acids is 3. The van der Waals surface area contributed by atoms with Crippen LogP contribution in [-0.2, 0) is 16.2 Å². The summed E-state index contributed by atoms with van der Waals surface area (Å²) in [6.45, 7) is 3.89. The van der Waals surface area contributed by atoms with Crippen molar-refractivity contribution in [3.05, 3.63) is 59.0 Å². The maximum atomic E-state index is 12.7.